The van der Waals surface area contributed by atoms with Crippen LogP contribution in [0.1, 0.15) is 17.5 Å². The Bertz CT molecular complexity index is 1810. The zero-order chi connectivity index (χ0) is 30.8. The number of fused-ring (bicyclic) bond motifs is 2. The summed E-state index contributed by atoms with van der Waals surface area (Å²) in [6, 6.07) is 15.4. The number of hydrogen-bond acceptors (Lipinski definition) is 9. The van der Waals surface area contributed by atoms with Gasteiger partial charge in [-0.1, -0.05) is 36.4 Å². The Morgan fingerprint density at radius 1 is 1.02 bits per heavy atom. The highest BCUT2D eigenvalue weighted by Gasteiger charge is 2.54. The van der Waals surface area contributed by atoms with Crippen molar-refractivity contribution in [2.24, 2.45) is 0 Å². The number of pyridine rings is 2. The first-order chi connectivity index (χ1) is 21.2. The van der Waals surface area contributed by atoms with Gasteiger partial charge < -0.3 is 20.1 Å². The van der Waals surface area contributed by atoms with Gasteiger partial charge in [0.25, 0.3) is 0 Å². The van der Waals surface area contributed by atoms with Gasteiger partial charge in [0, 0.05) is 36.9 Å². The molecule has 0 radical (unpaired) electrons. The van der Waals surface area contributed by atoms with Crippen molar-refractivity contribution < 1.29 is 32.6 Å². The van der Waals surface area contributed by atoms with E-state index in [0.717, 1.165) is 5.39 Å². The minimum absolute atomic E-state index is 0.0348. The highest BCUT2D eigenvalue weighted by atomic mass is 32.2. The zero-order valence-electron chi connectivity index (χ0n) is 23.4. The maximum atomic E-state index is 14.0. The minimum Gasteiger partial charge on any atom is -0.508 e. The number of ketones is 1. The van der Waals surface area contributed by atoms with Crippen LogP contribution in [0.4, 0.5) is 4.79 Å². The van der Waals surface area contributed by atoms with E-state index < -0.39 is 40.1 Å². The van der Waals surface area contributed by atoms with Gasteiger partial charge in [-0.2, -0.15) is 4.31 Å². The SMILES string of the molecule is O=C(NC(Cc1ccc(O)cc1)C(=O)N1CCC2C1C(=O)CN2S(=O)(=O)Cc1cccnc1)Oc1cccc2cccnc12. The van der Waals surface area contributed by atoms with Crippen LogP contribution in [0.2, 0.25) is 0 Å². The molecular formula is C31H29N5O7S. The number of carbonyl (C=O) groups excluding carboxylic acids is 3. The number of aromatic hydroxyl groups is 1. The van der Waals surface area contributed by atoms with Crippen LogP contribution in [0, 0.1) is 0 Å². The number of phenolic OH excluding ortho intramolecular Hbond substituents is 1. The van der Waals surface area contributed by atoms with Gasteiger partial charge in [-0.05, 0) is 47.9 Å². The maximum absolute atomic E-state index is 14.0. The van der Waals surface area contributed by atoms with Crippen LogP contribution >= 0.6 is 0 Å². The quantitative estimate of drug-likeness (QED) is 0.304. The van der Waals surface area contributed by atoms with E-state index in [1.807, 2.05) is 12.1 Å². The normalized spacial score (nSPS) is 19.1. The molecule has 6 rings (SSSR count). The van der Waals surface area contributed by atoms with Gasteiger partial charge in [0.05, 0.1) is 18.3 Å². The molecule has 3 atom stereocenters. The van der Waals surface area contributed by atoms with E-state index in [0.29, 0.717) is 16.6 Å². The summed E-state index contributed by atoms with van der Waals surface area (Å²) in [7, 11) is -3.88. The van der Waals surface area contributed by atoms with E-state index in [1.54, 1.807) is 54.9 Å². The van der Waals surface area contributed by atoms with E-state index in [9.17, 15) is 27.9 Å². The van der Waals surface area contributed by atoms with Crippen molar-refractivity contribution in [3.63, 3.8) is 0 Å². The second-order valence-electron chi connectivity index (χ2n) is 10.7. The first kappa shape index (κ1) is 29.2. The highest BCUT2D eigenvalue weighted by Crippen LogP contribution is 2.33. The third kappa shape index (κ3) is 5.96. The third-order valence-corrected chi connectivity index (χ3v) is 9.67. The molecule has 0 saturated carbocycles. The summed E-state index contributed by atoms with van der Waals surface area (Å²) in [5.41, 5.74) is 1.60. The van der Waals surface area contributed by atoms with Gasteiger partial charge in [-0.3, -0.25) is 19.6 Å². The summed E-state index contributed by atoms with van der Waals surface area (Å²) in [6.07, 6.45) is 4.00. The predicted octanol–water partition coefficient (Wildman–Crippen LogP) is 2.42. The van der Waals surface area contributed by atoms with Crippen molar-refractivity contribution in [2.45, 2.75) is 36.7 Å². The predicted molar refractivity (Wildman–Crippen MR) is 159 cm³/mol. The highest BCUT2D eigenvalue weighted by molar-refractivity contribution is 7.88. The minimum atomic E-state index is -3.88. The Morgan fingerprint density at radius 2 is 1.80 bits per heavy atom. The number of likely N-dealkylation sites (tertiary alicyclic amines) is 1. The maximum Gasteiger partial charge on any atom is 0.413 e. The summed E-state index contributed by atoms with van der Waals surface area (Å²) in [6.45, 7) is -0.206. The molecule has 0 spiro atoms. The van der Waals surface area contributed by atoms with Crippen molar-refractivity contribution in [1.82, 2.24) is 24.5 Å². The van der Waals surface area contributed by atoms with E-state index in [2.05, 4.69) is 15.3 Å². The largest absolute Gasteiger partial charge is 0.508 e. The molecule has 2 fully saturated rings. The molecule has 2 aliphatic rings. The van der Waals surface area contributed by atoms with Gasteiger partial charge in [-0.25, -0.2) is 13.2 Å². The summed E-state index contributed by atoms with van der Waals surface area (Å²) < 4.78 is 33.4. The molecule has 2 saturated heterocycles. The van der Waals surface area contributed by atoms with E-state index >= 15 is 0 Å². The standard InChI is InChI=1S/C31H29N5O7S/c37-23-10-8-20(9-11-23)16-24(34-31(40)43-27-7-1-5-22-6-3-14-33-28(22)27)30(39)35-15-12-25-29(35)26(38)18-36(25)44(41,42)19-21-4-2-13-32-17-21/h1-11,13-14,17,24-25,29,37H,12,15-16,18-19H2,(H,34,40). The molecule has 4 aromatic rings. The molecule has 2 N–H and O–H groups in total. The average molecular weight is 616 g/mol. The number of para-hydroxylation sites is 1. The van der Waals surface area contributed by atoms with Gasteiger partial charge in [0.1, 0.15) is 23.3 Å². The molecule has 2 aliphatic heterocycles. The second-order valence-corrected chi connectivity index (χ2v) is 12.7. The lowest BCUT2D eigenvalue weighted by Crippen LogP contribution is -2.53. The lowest BCUT2D eigenvalue weighted by Gasteiger charge is -2.28. The number of Topliss-reactive ketones (excluding diaryl/α,β-unsaturated/α-hetero) is 1. The van der Waals surface area contributed by atoms with Crippen molar-refractivity contribution in [2.75, 3.05) is 13.1 Å². The molecule has 2 amide bonds. The lowest BCUT2D eigenvalue weighted by atomic mass is 10.0. The van der Waals surface area contributed by atoms with Crippen molar-refractivity contribution in [1.29, 1.82) is 0 Å². The Hall–Kier alpha value is -4.88. The molecule has 226 valence electrons. The first-order valence-electron chi connectivity index (χ1n) is 14.0. The first-order valence-corrected chi connectivity index (χ1v) is 15.6. The van der Waals surface area contributed by atoms with Crippen LogP contribution in [0.25, 0.3) is 10.9 Å². The fraction of sp³-hybridized carbons (Fsp3) is 0.258. The van der Waals surface area contributed by atoms with Crippen molar-refractivity contribution >= 4 is 38.7 Å². The van der Waals surface area contributed by atoms with Crippen LogP contribution in [0.15, 0.2) is 85.3 Å². The van der Waals surface area contributed by atoms with E-state index in [4.69, 9.17) is 4.74 Å². The van der Waals surface area contributed by atoms with Crippen LogP contribution < -0.4 is 10.1 Å². The van der Waals surface area contributed by atoms with Gasteiger partial charge in [0.15, 0.2) is 11.5 Å². The summed E-state index contributed by atoms with van der Waals surface area (Å²) >= 11 is 0. The number of aromatic nitrogens is 2. The summed E-state index contributed by atoms with van der Waals surface area (Å²) in [5, 5.41) is 13.1. The number of benzene rings is 2. The monoisotopic (exact) mass is 615 g/mol. The Balaban J connectivity index is 1.22. The molecule has 4 heterocycles. The van der Waals surface area contributed by atoms with Crippen molar-refractivity contribution in [3.05, 3.63) is 96.4 Å². The molecule has 13 heteroatoms. The molecule has 44 heavy (non-hydrogen) atoms. The number of ether oxygens (including phenoxy) is 1. The number of sulfonamides is 1. The van der Waals surface area contributed by atoms with E-state index in [-0.39, 0.29) is 49.0 Å². The van der Waals surface area contributed by atoms with Crippen LogP contribution in [-0.2, 0) is 31.8 Å². The fourth-order valence-electron chi connectivity index (χ4n) is 5.86. The van der Waals surface area contributed by atoms with Gasteiger partial charge >= 0.3 is 6.09 Å². The Morgan fingerprint density at radius 3 is 2.57 bits per heavy atom. The lowest BCUT2D eigenvalue weighted by molar-refractivity contribution is -0.138. The summed E-state index contributed by atoms with van der Waals surface area (Å²) in [4.78, 5) is 50.0. The Kier molecular flexibility index (Phi) is 7.97. The molecule has 12 nitrogen and oxygen atoms in total. The fourth-order valence-corrected chi connectivity index (χ4v) is 7.57. The number of nitrogens with zero attached hydrogens (tertiary/aromatic N) is 4. The molecule has 0 bridgehead atoms. The van der Waals surface area contributed by atoms with Crippen LogP contribution in [0.5, 0.6) is 11.5 Å². The van der Waals surface area contributed by atoms with Gasteiger partial charge in [-0.15, -0.1) is 0 Å². The topological polar surface area (TPSA) is 159 Å². The number of phenols is 1. The molecule has 2 aromatic heterocycles. The molecule has 2 aromatic carbocycles. The Labute approximate surface area is 253 Å². The van der Waals surface area contributed by atoms with Crippen LogP contribution in [-0.4, -0.2) is 81.7 Å². The van der Waals surface area contributed by atoms with Crippen molar-refractivity contribution in [3.8, 4) is 11.5 Å². The number of carbonyl (C=O) groups is 3. The smallest absolute Gasteiger partial charge is 0.413 e. The second kappa shape index (κ2) is 12.0. The summed E-state index contributed by atoms with van der Waals surface area (Å²) in [5.74, 6) is -0.996. The van der Waals surface area contributed by atoms with E-state index in [1.165, 1.54) is 27.5 Å². The third-order valence-electron chi connectivity index (χ3n) is 7.85. The molecule has 3 unspecified atom stereocenters. The zero-order valence-corrected chi connectivity index (χ0v) is 24.3. The number of hydrogen-bond donors (Lipinski definition) is 2. The number of nitrogens with one attached hydrogen (secondary N) is 1. The molecule has 0 aliphatic carbocycles. The number of rotatable bonds is 8. The van der Waals surface area contributed by atoms with Gasteiger partial charge in [0.2, 0.25) is 15.9 Å². The van der Waals surface area contributed by atoms with Crippen LogP contribution in [0.3, 0.4) is 0 Å². The average Bonchev–Trinajstić information content (AvgIpc) is 3.59. The number of amides is 2. The molecular weight excluding hydrogens is 586 g/mol.